The molecule has 1 unspecified atom stereocenters. The maximum absolute atomic E-state index is 14.5. The summed E-state index contributed by atoms with van der Waals surface area (Å²) >= 11 is 0. The van der Waals surface area contributed by atoms with Gasteiger partial charge >= 0.3 is 0 Å². The molecule has 0 fully saturated rings. The van der Waals surface area contributed by atoms with E-state index in [1.165, 1.54) is 11.6 Å². The van der Waals surface area contributed by atoms with E-state index in [1.54, 1.807) is 12.1 Å². The van der Waals surface area contributed by atoms with E-state index in [4.69, 9.17) is 0 Å². The fourth-order valence-corrected chi connectivity index (χ4v) is 3.47. The van der Waals surface area contributed by atoms with Crippen molar-refractivity contribution in [1.82, 2.24) is 0 Å². The molecule has 3 rings (SSSR count). The molecule has 0 radical (unpaired) electrons. The monoisotopic (exact) mass is 312 g/mol. The molecule has 0 heterocycles. The topological polar surface area (TPSA) is 0 Å². The van der Waals surface area contributed by atoms with Crippen LogP contribution in [0.3, 0.4) is 0 Å². The lowest BCUT2D eigenvalue weighted by Gasteiger charge is -2.25. The van der Waals surface area contributed by atoms with Crippen LogP contribution in [-0.4, -0.2) is 0 Å². The molecule has 0 amide bonds. The number of halogens is 2. The predicted octanol–water partition coefficient (Wildman–Crippen LogP) is 5.75. The smallest absolute Gasteiger partial charge is 0.126 e. The maximum atomic E-state index is 14.5. The van der Waals surface area contributed by atoms with Gasteiger partial charge in [-0.15, -0.1) is 0 Å². The van der Waals surface area contributed by atoms with Crippen LogP contribution in [0.2, 0.25) is 0 Å². The van der Waals surface area contributed by atoms with Gasteiger partial charge in [0.25, 0.3) is 0 Å². The van der Waals surface area contributed by atoms with Gasteiger partial charge < -0.3 is 0 Å². The number of allylic oxidation sites excluding steroid dienone is 2. The minimum atomic E-state index is -0.204. The number of hydrogen-bond donors (Lipinski definition) is 0. The highest BCUT2D eigenvalue weighted by atomic mass is 19.1. The average Bonchev–Trinajstić information content (AvgIpc) is 2.54. The van der Waals surface area contributed by atoms with E-state index in [9.17, 15) is 8.78 Å². The van der Waals surface area contributed by atoms with Gasteiger partial charge in [-0.05, 0) is 85.4 Å². The minimum absolute atomic E-state index is 0.118. The number of rotatable bonds is 4. The molecule has 0 spiro atoms. The highest BCUT2D eigenvalue weighted by Gasteiger charge is 2.22. The Kier molecular flexibility index (Phi) is 4.90. The Balaban J connectivity index is 1.77. The Bertz CT molecular complexity index is 716. The molecular formula is C21H22F2. The fourth-order valence-electron chi connectivity index (χ4n) is 3.47. The lowest BCUT2D eigenvalue weighted by molar-refractivity contribution is 0.529. The van der Waals surface area contributed by atoms with E-state index in [2.05, 4.69) is 6.08 Å². The van der Waals surface area contributed by atoms with Crippen molar-refractivity contribution in [3.8, 4) is 0 Å². The van der Waals surface area contributed by atoms with E-state index in [1.807, 2.05) is 31.2 Å². The Hall–Kier alpha value is -1.96. The van der Waals surface area contributed by atoms with Crippen LogP contribution in [0.1, 0.15) is 47.9 Å². The van der Waals surface area contributed by atoms with Crippen LogP contribution in [0.4, 0.5) is 8.78 Å². The SMILES string of the molecule is C/C=C/CCc1ccc(C2CCc3ccc(F)cc3C2)c(F)c1. The van der Waals surface area contributed by atoms with Gasteiger partial charge in [0.15, 0.2) is 0 Å². The van der Waals surface area contributed by atoms with E-state index >= 15 is 0 Å². The van der Waals surface area contributed by atoms with Crippen LogP contribution in [0.15, 0.2) is 48.6 Å². The van der Waals surface area contributed by atoms with E-state index in [0.29, 0.717) is 0 Å². The second-order valence-corrected chi connectivity index (χ2v) is 6.32. The summed E-state index contributed by atoms with van der Waals surface area (Å²) in [5, 5.41) is 0. The summed E-state index contributed by atoms with van der Waals surface area (Å²) in [6, 6.07) is 10.6. The van der Waals surface area contributed by atoms with Crippen molar-refractivity contribution < 1.29 is 8.78 Å². The lowest BCUT2D eigenvalue weighted by atomic mass is 9.80. The Labute approximate surface area is 136 Å². The average molecular weight is 312 g/mol. The first-order chi connectivity index (χ1) is 11.2. The first-order valence-corrected chi connectivity index (χ1v) is 8.34. The summed E-state index contributed by atoms with van der Waals surface area (Å²) in [7, 11) is 0. The van der Waals surface area contributed by atoms with Crippen molar-refractivity contribution >= 4 is 0 Å². The van der Waals surface area contributed by atoms with Gasteiger partial charge in [0.1, 0.15) is 11.6 Å². The minimum Gasteiger partial charge on any atom is -0.207 e. The zero-order valence-corrected chi connectivity index (χ0v) is 13.5. The summed E-state index contributed by atoms with van der Waals surface area (Å²) in [4.78, 5) is 0. The lowest BCUT2D eigenvalue weighted by Crippen LogP contribution is -2.14. The summed E-state index contributed by atoms with van der Waals surface area (Å²) in [5.74, 6) is -0.175. The van der Waals surface area contributed by atoms with Crippen LogP contribution in [0, 0.1) is 11.6 Å². The number of aryl methyl sites for hydroxylation is 2. The summed E-state index contributed by atoms with van der Waals surface area (Å²) in [6.45, 7) is 1.99. The normalized spacial score (nSPS) is 17.4. The van der Waals surface area contributed by atoms with Gasteiger partial charge in [-0.2, -0.15) is 0 Å². The van der Waals surface area contributed by atoms with Crippen LogP contribution in [0.25, 0.3) is 0 Å². The number of benzene rings is 2. The van der Waals surface area contributed by atoms with Crippen molar-refractivity contribution in [2.45, 2.75) is 44.9 Å². The second kappa shape index (κ2) is 7.08. The fraction of sp³-hybridized carbons (Fsp3) is 0.333. The molecule has 1 aliphatic rings. The van der Waals surface area contributed by atoms with Crippen molar-refractivity contribution in [3.05, 3.63) is 82.4 Å². The summed E-state index contributed by atoms with van der Waals surface area (Å²) in [6.07, 6.45) is 8.45. The molecule has 1 atom stereocenters. The van der Waals surface area contributed by atoms with Crippen LogP contribution < -0.4 is 0 Å². The molecular weight excluding hydrogens is 290 g/mol. The molecule has 0 saturated heterocycles. The largest absolute Gasteiger partial charge is 0.207 e. The summed E-state index contributed by atoms with van der Waals surface area (Å²) < 4.78 is 27.9. The van der Waals surface area contributed by atoms with Crippen molar-refractivity contribution in [2.24, 2.45) is 0 Å². The van der Waals surface area contributed by atoms with Crippen molar-refractivity contribution in [2.75, 3.05) is 0 Å². The van der Waals surface area contributed by atoms with Gasteiger partial charge in [0.2, 0.25) is 0 Å². The third-order valence-electron chi connectivity index (χ3n) is 4.74. The molecule has 0 N–H and O–H groups in total. The zero-order valence-electron chi connectivity index (χ0n) is 13.5. The van der Waals surface area contributed by atoms with E-state index in [-0.39, 0.29) is 17.6 Å². The zero-order chi connectivity index (χ0) is 16.2. The second-order valence-electron chi connectivity index (χ2n) is 6.32. The van der Waals surface area contributed by atoms with Gasteiger partial charge in [-0.3, -0.25) is 0 Å². The number of hydrogen-bond acceptors (Lipinski definition) is 0. The van der Waals surface area contributed by atoms with Crippen molar-refractivity contribution in [1.29, 1.82) is 0 Å². The van der Waals surface area contributed by atoms with Crippen LogP contribution >= 0.6 is 0 Å². The van der Waals surface area contributed by atoms with Crippen LogP contribution in [-0.2, 0) is 19.3 Å². The molecule has 0 nitrogen and oxygen atoms in total. The quantitative estimate of drug-likeness (QED) is 0.631. The number of fused-ring (bicyclic) bond motifs is 1. The van der Waals surface area contributed by atoms with Crippen molar-refractivity contribution in [3.63, 3.8) is 0 Å². The molecule has 0 aliphatic heterocycles. The Morgan fingerprint density at radius 2 is 1.96 bits per heavy atom. The van der Waals surface area contributed by atoms with Gasteiger partial charge in [-0.25, -0.2) is 8.78 Å². The molecule has 120 valence electrons. The standard InChI is InChI=1S/C21H22F2/c1-2-3-4-5-15-6-11-20(21(23)12-15)17-8-7-16-9-10-19(22)14-18(16)13-17/h2-3,6,9-12,14,17H,4-5,7-8,13H2,1H3/b3-2+. The Morgan fingerprint density at radius 1 is 1.09 bits per heavy atom. The predicted molar refractivity (Wildman–Crippen MR) is 90.7 cm³/mol. The summed E-state index contributed by atoms with van der Waals surface area (Å²) in [5.41, 5.74) is 4.03. The highest BCUT2D eigenvalue weighted by molar-refractivity contribution is 5.36. The maximum Gasteiger partial charge on any atom is 0.126 e. The Morgan fingerprint density at radius 3 is 2.74 bits per heavy atom. The van der Waals surface area contributed by atoms with Gasteiger partial charge in [-0.1, -0.05) is 30.4 Å². The van der Waals surface area contributed by atoms with E-state index in [0.717, 1.165) is 48.8 Å². The molecule has 0 aromatic heterocycles. The molecule has 2 aromatic rings. The van der Waals surface area contributed by atoms with Crippen LogP contribution in [0.5, 0.6) is 0 Å². The highest BCUT2D eigenvalue weighted by Crippen LogP contribution is 2.34. The molecule has 23 heavy (non-hydrogen) atoms. The van der Waals surface area contributed by atoms with Gasteiger partial charge in [0.05, 0.1) is 0 Å². The molecule has 2 aromatic carbocycles. The van der Waals surface area contributed by atoms with Gasteiger partial charge in [0, 0.05) is 0 Å². The molecule has 1 aliphatic carbocycles. The third kappa shape index (κ3) is 3.69. The van der Waals surface area contributed by atoms with E-state index < -0.39 is 0 Å². The molecule has 0 saturated carbocycles. The first-order valence-electron chi connectivity index (χ1n) is 8.34. The molecule has 2 heteroatoms. The first kappa shape index (κ1) is 15.9. The third-order valence-corrected chi connectivity index (χ3v) is 4.74. The molecule has 0 bridgehead atoms.